The molecule has 0 aromatic rings. The van der Waals surface area contributed by atoms with Gasteiger partial charge >= 0.3 is 0 Å². The minimum Gasteiger partial charge on any atom is -0.369 e. The van der Waals surface area contributed by atoms with Gasteiger partial charge in [0, 0.05) is 19.6 Å². The molecule has 2 rings (SSSR count). The first-order chi connectivity index (χ1) is 10.4. The molecule has 1 saturated heterocycles. The first kappa shape index (κ1) is 17.0. The monoisotopic (exact) mass is 331 g/mol. The van der Waals surface area contributed by atoms with Crippen LogP contribution in [0.4, 0.5) is 0 Å². The average molecular weight is 331 g/mol. The summed E-state index contributed by atoms with van der Waals surface area (Å²) >= 11 is 0. The highest BCUT2D eigenvalue weighted by atomic mass is 32.2. The second kappa shape index (κ2) is 7.28. The number of hydrogen-bond donors (Lipinski definition) is 3. The summed E-state index contributed by atoms with van der Waals surface area (Å²) < 4.78 is 25.5. The van der Waals surface area contributed by atoms with E-state index in [0.717, 1.165) is 25.9 Å². The number of aliphatic imine (C=N–C) groups is 1. The Morgan fingerprint density at radius 2 is 1.95 bits per heavy atom. The lowest BCUT2D eigenvalue weighted by atomic mass is 10.1. The van der Waals surface area contributed by atoms with E-state index in [4.69, 9.17) is 11.5 Å². The van der Waals surface area contributed by atoms with E-state index in [-0.39, 0.29) is 17.1 Å². The molecule has 0 radical (unpaired) electrons. The van der Waals surface area contributed by atoms with Gasteiger partial charge in [0.2, 0.25) is 21.9 Å². The fraction of sp³-hybridized carbons (Fsp3) is 0.846. The fourth-order valence-electron chi connectivity index (χ4n) is 2.45. The second-order valence-electron chi connectivity index (χ2n) is 5.89. The Kier molecular flexibility index (Phi) is 5.63. The maximum atomic E-state index is 12.0. The molecule has 1 atom stereocenters. The highest BCUT2D eigenvalue weighted by Gasteiger charge is 2.36. The van der Waals surface area contributed by atoms with Crippen molar-refractivity contribution in [3.63, 3.8) is 0 Å². The lowest BCUT2D eigenvalue weighted by molar-refractivity contribution is -0.131. The van der Waals surface area contributed by atoms with Crippen molar-refractivity contribution in [3.05, 3.63) is 0 Å². The predicted molar refractivity (Wildman–Crippen MR) is 84.6 cm³/mol. The van der Waals surface area contributed by atoms with Gasteiger partial charge in [-0.1, -0.05) is 0 Å². The highest BCUT2D eigenvalue weighted by molar-refractivity contribution is 7.90. The van der Waals surface area contributed by atoms with Crippen molar-refractivity contribution in [1.29, 1.82) is 0 Å². The Balaban J connectivity index is 1.67. The van der Waals surface area contributed by atoms with Crippen molar-refractivity contribution in [2.24, 2.45) is 16.5 Å². The molecule has 0 bridgehead atoms. The van der Waals surface area contributed by atoms with Crippen LogP contribution in [-0.4, -0.2) is 56.1 Å². The summed E-state index contributed by atoms with van der Waals surface area (Å²) in [5.41, 5.74) is 11.4. The molecule has 2 aliphatic rings. The van der Waals surface area contributed by atoms with E-state index in [1.807, 2.05) is 0 Å². The number of hydrogen-bond acceptors (Lipinski definition) is 5. The van der Waals surface area contributed by atoms with Crippen LogP contribution in [0.3, 0.4) is 0 Å². The number of likely N-dealkylation sites (tertiary alicyclic amines) is 1. The number of nitrogens with one attached hydrogen (secondary N) is 1. The summed E-state index contributed by atoms with van der Waals surface area (Å²) in [6, 6.07) is -0.516. The van der Waals surface area contributed by atoms with Gasteiger partial charge in [-0.05, 0) is 38.5 Å². The fourth-order valence-corrected chi connectivity index (χ4v) is 3.73. The van der Waals surface area contributed by atoms with Crippen LogP contribution in [-0.2, 0) is 14.8 Å². The van der Waals surface area contributed by atoms with Crippen LogP contribution in [0.1, 0.15) is 38.5 Å². The molecule has 1 amide bonds. The smallest absolute Gasteiger partial charge is 0.239 e. The molecule has 0 aromatic heterocycles. The standard InChI is InChI=1S/C13H25N5O3S/c14-11(12(19)18-8-1-2-9-18)4-3-7-16-13(15)17-22(20,21)10-5-6-10/h10-11H,1-9,14H2,(H3,15,16,17)/t11-/m1/s1. The molecular formula is C13H25N5O3S. The summed E-state index contributed by atoms with van der Waals surface area (Å²) in [5.74, 6) is -0.102. The summed E-state index contributed by atoms with van der Waals surface area (Å²) in [6.07, 6.45) is 4.54. The number of carbonyl (C=O) groups is 1. The van der Waals surface area contributed by atoms with Crippen LogP contribution in [0.2, 0.25) is 0 Å². The minimum atomic E-state index is -3.36. The number of sulfonamides is 1. The zero-order valence-electron chi connectivity index (χ0n) is 12.7. The molecule has 0 aromatic carbocycles. The van der Waals surface area contributed by atoms with Crippen molar-refractivity contribution in [3.8, 4) is 0 Å². The molecule has 0 unspecified atom stereocenters. The second-order valence-corrected chi connectivity index (χ2v) is 7.86. The first-order valence-corrected chi connectivity index (χ1v) is 9.30. The minimum absolute atomic E-state index is 0.0103. The van der Waals surface area contributed by atoms with Crippen molar-refractivity contribution in [2.75, 3.05) is 19.6 Å². The van der Waals surface area contributed by atoms with E-state index in [9.17, 15) is 13.2 Å². The third-order valence-corrected chi connectivity index (χ3v) is 5.74. The lowest BCUT2D eigenvalue weighted by Gasteiger charge is -2.19. The van der Waals surface area contributed by atoms with Gasteiger partial charge in [-0.2, -0.15) is 0 Å². The Bertz CT molecular complexity index is 524. The lowest BCUT2D eigenvalue weighted by Crippen LogP contribution is -2.42. The van der Waals surface area contributed by atoms with Gasteiger partial charge in [0.15, 0.2) is 0 Å². The normalized spacial score (nSPS) is 21.0. The van der Waals surface area contributed by atoms with Crippen LogP contribution in [0.25, 0.3) is 0 Å². The van der Waals surface area contributed by atoms with E-state index < -0.39 is 16.1 Å². The summed E-state index contributed by atoms with van der Waals surface area (Å²) in [4.78, 5) is 17.8. The SMILES string of the molecule is NC(=NCCC[C@@H](N)C(=O)N1CCCC1)NS(=O)(=O)C1CC1. The molecule has 9 heteroatoms. The van der Waals surface area contributed by atoms with Crippen LogP contribution in [0.15, 0.2) is 4.99 Å². The van der Waals surface area contributed by atoms with Crippen LogP contribution < -0.4 is 16.2 Å². The Hall–Kier alpha value is -1.35. The van der Waals surface area contributed by atoms with Crippen molar-refractivity contribution < 1.29 is 13.2 Å². The third kappa shape index (κ3) is 4.84. The first-order valence-electron chi connectivity index (χ1n) is 7.76. The summed E-state index contributed by atoms with van der Waals surface area (Å²) in [7, 11) is -3.36. The van der Waals surface area contributed by atoms with Gasteiger partial charge in [0.05, 0.1) is 11.3 Å². The van der Waals surface area contributed by atoms with Crippen LogP contribution in [0, 0.1) is 0 Å². The van der Waals surface area contributed by atoms with Gasteiger partial charge in [0.25, 0.3) is 0 Å². The van der Waals surface area contributed by atoms with Gasteiger partial charge in [0.1, 0.15) is 0 Å². The summed E-state index contributed by atoms with van der Waals surface area (Å²) in [5, 5.41) is -0.326. The van der Waals surface area contributed by atoms with E-state index in [2.05, 4.69) is 9.71 Å². The number of amides is 1. The molecule has 0 spiro atoms. The molecule has 1 aliphatic heterocycles. The van der Waals surface area contributed by atoms with Gasteiger partial charge in [-0.3, -0.25) is 14.5 Å². The molecule has 5 N–H and O–H groups in total. The average Bonchev–Trinajstić information content (AvgIpc) is 3.19. The maximum absolute atomic E-state index is 12.0. The van der Waals surface area contributed by atoms with E-state index in [0.29, 0.717) is 32.2 Å². The van der Waals surface area contributed by atoms with Crippen molar-refractivity contribution >= 4 is 21.9 Å². The maximum Gasteiger partial charge on any atom is 0.239 e. The zero-order valence-corrected chi connectivity index (χ0v) is 13.5. The number of guanidine groups is 1. The molecule has 8 nitrogen and oxygen atoms in total. The largest absolute Gasteiger partial charge is 0.369 e. The molecule has 1 heterocycles. The Morgan fingerprint density at radius 1 is 1.32 bits per heavy atom. The van der Waals surface area contributed by atoms with Gasteiger partial charge < -0.3 is 16.4 Å². The molecule has 1 saturated carbocycles. The van der Waals surface area contributed by atoms with E-state index >= 15 is 0 Å². The zero-order chi connectivity index (χ0) is 16.2. The molecule has 126 valence electrons. The number of nitrogens with zero attached hydrogens (tertiary/aromatic N) is 2. The molecule has 2 fully saturated rings. The number of nitrogens with two attached hydrogens (primary N) is 2. The summed E-state index contributed by atoms with van der Waals surface area (Å²) in [6.45, 7) is 1.93. The Labute approximate surface area is 131 Å². The quantitative estimate of drug-likeness (QED) is 0.316. The highest BCUT2D eigenvalue weighted by Crippen LogP contribution is 2.27. The molecule has 1 aliphatic carbocycles. The van der Waals surface area contributed by atoms with E-state index in [1.165, 1.54) is 0 Å². The predicted octanol–water partition coefficient (Wildman–Crippen LogP) is -0.887. The third-order valence-electron chi connectivity index (χ3n) is 3.90. The van der Waals surface area contributed by atoms with Gasteiger partial charge in [-0.25, -0.2) is 8.42 Å². The molecular weight excluding hydrogens is 306 g/mol. The van der Waals surface area contributed by atoms with Gasteiger partial charge in [-0.15, -0.1) is 0 Å². The number of rotatable bonds is 7. The Morgan fingerprint density at radius 3 is 2.55 bits per heavy atom. The van der Waals surface area contributed by atoms with Crippen molar-refractivity contribution in [1.82, 2.24) is 9.62 Å². The number of carbonyl (C=O) groups excluding carboxylic acids is 1. The van der Waals surface area contributed by atoms with Crippen LogP contribution >= 0.6 is 0 Å². The van der Waals surface area contributed by atoms with Crippen molar-refractivity contribution in [2.45, 2.75) is 49.8 Å². The molecule has 22 heavy (non-hydrogen) atoms. The van der Waals surface area contributed by atoms with Crippen LogP contribution in [0.5, 0.6) is 0 Å². The topological polar surface area (TPSA) is 131 Å². The van der Waals surface area contributed by atoms with E-state index in [1.54, 1.807) is 4.90 Å².